The van der Waals surface area contributed by atoms with Crippen molar-refractivity contribution in [3.8, 4) is 0 Å². The lowest BCUT2D eigenvalue weighted by Crippen LogP contribution is -2.58. The molecule has 2 aliphatic rings. The Kier molecular flexibility index (Phi) is 15.8. The predicted molar refractivity (Wildman–Crippen MR) is 164 cm³/mol. The molecule has 9 nitrogen and oxygen atoms in total. The molecule has 218 valence electrons. The van der Waals surface area contributed by atoms with Gasteiger partial charge < -0.3 is 28.0 Å². The van der Waals surface area contributed by atoms with Crippen LogP contribution in [-0.2, 0) is 0 Å². The molecule has 2 aliphatic heterocycles. The number of rotatable bonds is 21. The highest BCUT2D eigenvalue weighted by Gasteiger charge is 2.49. The molecule has 38 heavy (non-hydrogen) atoms. The fraction of sp³-hybridized carbons (Fsp3) is 0.786. The molecule has 0 bridgehead atoms. The largest absolute Gasteiger partial charge is 0.371 e. The maximum Gasteiger partial charge on any atom is 0.185 e. The number of hydrogen-bond donors (Lipinski definition) is 5. The Hall–Kier alpha value is -1.75. The highest BCUT2D eigenvalue weighted by molar-refractivity contribution is 8.03. The summed E-state index contributed by atoms with van der Waals surface area (Å²) in [5.41, 5.74) is 21.0. The molecule has 0 aromatic rings. The van der Waals surface area contributed by atoms with Crippen LogP contribution < -0.4 is 22.9 Å². The minimum absolute atomic E-state index is 0.116. The third-order valence-electron chi connectivity index (χ3n) is 7.43. The Bertz CT molecular complexity index is 766. The van der Waals surface area contributed by atoms with Crippen molar-refractivity contribution >= 4 is 23.7 Å². The molecule has 0 amide bonds. The van der Waals surface area contributed by atoms with Gasteiger partial charge in [-0.2, -0.15) is 0 Å². The lowest BCUT2D eigenvalue weighted by atomic mass is 10.0. The molecule has 2 atom stereocenters. The first kappa shape index (κ1) is 32.5. The summed E-state index contributed by atoms with van der Waals surface area (Å²) >= 11 is 1.70. The monoisotopic (exact) mass is 550 g/mol. The van der Waals surface area contributed by atoms with Crippen molar-refractivity contribution in [2.75, 3.05) is 38.5 Å². The van der Waals surface area contributed by atoms with Gasteiger partial charge in [0.2, 0.25) is 0 Å². The minimum atomic E-state index is -0.899. The summed E-state index contributed by atoms with van der Waals surface area (Å²) in [5, 5.41) is 12.1. The number of thioether (sulfide) groups is 1. The quantitative estimate of drug-likeness (QED) is 0.0630. The van der Waals surface area contributed by atoms with Gasteiger partial charge in [0.25, 0.3) is 0 Å². The van der Waals surface area contributed by atoms with Crippen molar-refractivity contribution < 1.29 is 5.11 Å². The topological polar surface area (TPSA) is 156 Å². The third-order valence-corrected chi connectivity index (χ3v) is 8.59. The van der Waals surface area contributed by atoms with E-state index in [4.69, 9.17) is 22.9 Å². The number of fused-ring (bicyclic) bond motifs is 1. The Labute approximate surface area is 235 Å². The summed E-state index contributed by atoms with van der Waals surface area (Å²) in [7, 11) is 0. The van der Waals surface area contributed by atoms with Crippen LogP contribution in [0.1, 0.15) is 89.9 Å². The molecule has 2 rings (SSSR count). The maximum absolute atomic E-state index is 12.1. The van der Waals surface area contributed by atoms with Crippen molar-refractivity contribution in [2.45, 2.75) is 102 Å². The van der Waals surface area contributed by atoms with Crippen molar-refractivity contribution in [3.05, 3.63) is 23.6 Å². The van der Waals surface area contributed by atoms with Gasteiger partial charge in [0.05, 0.1) is 12.7 Å². The molecule has 10 heteroatoms. The van der Waals surface area contributed by atoms with Gasteiger partial charge in [-0.25, -0.2) is 0 Å². The van der Waals surface area contributed by atoms with E-state index in [1.54, 1.807) is 11.8 Å². The summed E-state index contributed by atoms with van der Waals surface area (Å²) in [5.74, 6) is 1.03. The van der Waals surface area contributed by atoms with E-state index < -0.39 is 5.72 Å². The van der Waals surface area contributed by atoms with Crippen LogP contribution in [0.15, 0.2) is 33.6 Å². The van der Waals surface area contributed by atoms with Crippen molar-refractivity contribution in [1.29, 1.82) is 0 Å². The smallest absolute Gasteiger partial charge is 0.185 e. The summed E-state index contributed by atoms with van der Waals surface area (Å²) in [6.07, 6.45) is 20.5. The molecule has 0 radical (unpaired) electrons. The first-order valence-corrected chi connectivity index (χ1v) is 15.7. The zero-order valence-electron chi connectivity index (χ0n) is 23.5. The van der Waals surface area contributed by atoms with E-state index in [-0.39, 0.29) is 18.1 Å². The van der Waals surface area contributed by atoms with E-state index in [1.807, 2.05) is 6.08 Å². The normalized spacial score (nSPS) is 21.6. The van der Waals surface area contributed by atoms with Gasteiger partial charge in [0.15, 0.2) is 17.6 Å². The van der Waals surface area contributed by atoms with Gasteiger partial charge in [0, 0.05) is 30.3 Å². The zero-order chi connectivity index (χ0) is 27.6. The van der Waals surface area contributed by atoms with Gasteiger partial charge in [-0.15, -0.1) is 18.3 Å². The number of allylic oxidation sites excluding steroid dienone is 1. The van der Waals surface area contributed by atoms with Crippen LogP contribution in [0.4, 0.5) is 0 Å². The van der Waals surface area contributed by atoms with E-state index in [1.165, 1.54) is 44.9 Å². The molecule has 1 fully saturated rings. The molecule has 0 aliphatic carbocycles. The van der Waals surface area contributed by atoms with Crippen LogP contribution in [0, 0.1) is 0 Å². The highest BCUT2D eigenvalue weighted by Crippen LogP contribution is 2.44. The molecular formula is C28H54N8OS. The Morgan fingerprint density at radius 2 is 1.55 bits per heavy atom. The van der Waals surface area contributed by atoms with E-state index in [0.717, 1.165) is 75.2 Å². The van der Waals surface area contributed by atoms with Crippen LogP contribution in [-0.4, -0.2) is 77.2 Å². The van der Waals surface area contributed by atoms with E-state index in [9.17, 15) is 5.11 Å². The molecule has 2 heterocycles. The minimum Gasteiger partial charge on any atom is -0.371 e. The van der Waals surface area contributed by atoms with Gasteiger partial charge in [-0.3, -0.25) is 19.8 Å². The maximum atomic E-state index is 12.1. The summed E-state index contributed by atoms with van der Waals surface area (Å²) in [4.78, 5) is 14.1. The molecule has 0 saturated carbocycles. The molecule has 1 saturated heterocycles. The highest BCUT2D eigenvalue weighted by atomic mass is 32.2. The van der Waals surface area contributed by atoms with Gasteiger partial charge in [0.1, 0.15) is 0 Å². The SMILES string of the molecule is C=CCCCCCCCCCCC1(O)C(SCCN=C(N)N)=CC2N(CCCCCN=C(N)N)CCCN21. The number of aliphatic imine (C=N–C) groups is 2. The molecular weight excluding hydrogens is 496 g/mol. The molecule has 0 aromatic carbocycles. The molecule has 0 spiro atoms. The second-order valence-corrected chi connectivity index (χ2v) is 11.7. The Morgan fingerprint density at radius 1 is 0.921 bits per heavy atom. The molecule has 9 N–H and O–H groups in total. The number of unbranched alkanes of at least 4 members (excludes halogenated alkanes) is 10. The van der Waals surface area contributed by atoms with Crippen LogP contribution in [0.25, 0.3) is 0 Å². The van der Waals surface area contributed by atoms with Crippen molar-refractivity contribution in [3.63, 3.8) is 0 Å². The fourth-order valence-electron chi connectivity index (χ4n) is 5.45. The second-order valence-electron chi connectivity index (χ2n) is 10.5. The van der Waals surface area contributed by atoms with Crippen LogP contribution in [0.5, 0.6) is 0 Å². The first-order valence-electron chi connectivity index (χ1n) is 14.7. The lowest BCUT2D eigenvalue weighted by Gasteiger charge is -2.46. The van der Waals surface area contributed by atoms with Crippen molar-refractivity contribution in [1.82, 2.24) is 9.80 Å². The number of nitrogens with two attached hydrogens (primary N) is 4. The van der Waals surface area contributed by atoms with Gasteiger partial charge in [-0.05, 0) is 57.6 Å². The first-order chi connectivity index (χ1) is 18.4. The van der Waals surface area contributed by atoms with E-state index in [2.05, 4.69) is 32.4 Å². The Morgan fingerprint density at radius 3 is 2.24 bits per heavy atom. The molecule has 0 aromatic heterocycles. The van der Waals surface area contributed by atoms with E-state index in [0.29, 0.717) is 13.1 Å². The van der Waals surface area contributed by atoms with E-state index >= 15 is 0 Å². The number of aliphatic hydroxyl groups is 1. The standard InChI is InChI=1S/C28H54N8OS/c1-2-3-4-5-6-7-8-9-10-12-16-28(37)24(38-22-18-34-27(31)32)23-25-35(20-15-21-36(25)28)19-14-11-13-17-33-26(29)30/h2,23,25,37H,1,3-22H2,(H4,29,30,33)(H4,31,32,34). The average molecular weight is 551 g/mol. The molecule has 2 unspecified atom stereocenters. The Balaban J connectivity index is 1.88. The summed E-state index contributed by atoms with van der Waals surface area (Å²) in [6.45, 7) is 8.02. The number of guanidine groups is 2. The van der Waals surface area contributed by atoms with Crippen molar-refractivity contribution in [2.24, 2.45) is 32.9 Å². The van der Waals surface area contributed by atoms with Crippen LogP contribution in [0.3, 0.4) is 0 Å². The average Bonchev–Trinajstić information content (AvgIpc) is 3.17. The zero-order valence-corrected chi connectivity index (χ0v) is 24.4. The summed E-state index contributed by atoms with van der Waals surface area (Å²) in [6, 6.07) is 0. The summed E-state index contributed by atoms with van der Waals surface area (Å²) < 4.78 is 0. The predicted octanol–water partition coefficient (Wildman–Crippen LogP) is 3.44. The van der Waals surface area contributed by atoms with Crippen LogP contribution >= 0.6 is 11.8 Å². The van der Waals surface area contributed by atoms with Crippen LogP contribution in [0.2, 0.25) is 0 Å². The number of nitrogens with zero attached hydrogens (tertiary/aromatic N) is 4. The number of hydrogen-bond acceptors (Lipinski definition) is 6. The van der Waals surface area contributed by atoms with Gasteiger partial charge >= 0.3 is 0 Å². The van der Waals surface area contributed by atoms with Gasteiger partial charge in [-0.1, -0.05) is 51.0 Å². The second kappa shape index (κ2) is 18.5. The lowest BCUT2D eigenvalue weighted by molar-refractivity contribution is -0.123. The third kappa shape index (κ3) is 11.6. The fourth-order valence-corrected chi connectivity index (χ4v) is 6.52.